The maximum atomic E-state index is 9.75. The van der Waals surface area contributed by atoms with E-state index in [-0.39, 0.29) is 11.8 Å². The topological polar surface area (TPSA) is 80.5 Å². The van der Waals surface area contributed by atoms with Crippen molar-refractivity contribution in [1.29, 1.82) is 0 Å². The Hall–Kier alpha value is -0.970. The van der Waals surface area contributed by atoms with E-state index in [4.69, 9.17) is 4.74 Å². The number of aliphatic imine (C=N–C) groups is 1. The molecular weight excluding hydrogens is 528 g/mol. The molecule has 10 heteroatoms. The number of rotatable bonds is 4. The molecule has 1 aromatic carbocycles. The second-order valence-corrected chi connectivity index (χ2v) is 8.61. The van der Waals surface area contributed by atoms with E-state index >= 15 is 0 Å². The molecule has 0 saturated heterocycles. The van der Waals surface area contributed by atoms with Crippen molar-refractivity contribution in [2.75, 3.05) is 12.4 Å². The minimum Gasteiger partial charge on any atom is -0.506 e. The summed E-state index contributed by atoms with van der Waals surface area (Å²) in [6.07, 6.45) is 3.35. The second-order valence-electron chi connectivity index (χ2n) is 4.66. The molecule has 0 atom stereocenters. The summed E-state index contributed by atoms with van der Waals surface area (Å²) in [5.74, 6) is 0.943. The number of phenolic OH excluding ortho intramolecular Hbond substituents is 1. The van der Waals surface area contributed by atoms with E-state index in [0.717, 1.165) is 20.8 Å². The molecule has 6 nitrogen and oxygen atoms in total. The highest BCUT2D eigenvalue weighted by atomic mass is 79.9. The molecule has 0 fully saturated rings. The van der Waals surface area contributed by atoms with Gasteiger partial charge in [-0.2, -0.15) is 0 Å². The SMILES string of the molecule is Oc1c(Br)cc(-c2cnc(OCC3=CN=C(Br)SC3)nn2)cc1Br. The van der Waals surface area contributed by atoms with Gasteiger partial charge in [-0.25, -0.2) is 9.98 Å². The number of halogens is 3. The van der Waals surface area contributed by atoms with Crippen LogP contribution in [0.3, 0.4) is 0 Å². The van der Waals surface area contributed by atoms with Crippen LogP contribution in [0, 0.1) is 0 Å². The van der Waals surface area contributed by atoms with Crippen LogP contribution in [0.25, 0.3) is 11.3 Å². The number of aromatic hydroxyl groups is 1. The first-order valence-electron chi connectivity index (χ1n) is 6.58. The van der Waals surface area contributed by atoms with Crippen molar-refractivity contribution < 1.29 is 9.84 Å². The molecule has 1 N–H and O–H groups in total. The Labute approximate surface area is 167 Å². The fraction of sp³-hybridized carbons (Fsp3) is 0.143. The first-order chi connectivity index (χ1) is 11.5. The number of phenols is 1. The molecular formula is C14H9Br3N4O2S. The molecule has 1 aliphatic heterocycles. The van der Waals surface area contributed by atoms with Gasteiger partial charge >= 0.3 is 6.01 Å². The van der Waals surface area contributed by atoms with Crippen LogP contribution in [0.15, 0.2) is 44.0 Å². The van der Waals surface area contributed by atoms with Crippen molar-refractivity contribution in [3.05, 3.63) is 39.0 Å². The van der Waals surface area contributed by atoms with Gasteiger partial charge in [-0.3, -0.25) is 0 Å². The summed E-state index contributed by atoms with van der Waals surface area (Å²) in [7, 11) is 0. The van der Waals surface area contributed by atoms with Crippen molar-refractivity contribution in [2.45, 2.75) is 0 Å². The summed E-state index contributed by atoms with van der Waals surface area (Å²) in [4.78, 5) is 8.34. The molecule has 3 rings (SSSR count). The average molecular weight is 537 g/mol. The summed E-state index contributed by atoms with van der Waals surface area (Å²) in [6.45, 7) is 0.369. The smallest absolute Gasteiger partial charge is 0.335 e. The van der Waals surface area contributed by atoms with Gasteiger partial charge in [0.25, 0.3) is 0 Å². The summed E-state index contributed by atoms with van der Waals surface area (Å²) in [5.41, 5.74) is 2.38. The molecule has 2 heterocycles. The van der Waals surface area contributed by atoms with Gasteiger partial charge in [-0.15, -0.1) is 5.10 Å². The Bertz CT molecular complexity index is 804. The lowest BCUT2D eigenvalue weighted by Gasteiger charge is -2.10. The molecule has 0 saturated carbocycles. The number of hydrogen-bond acceptors (Lipinski definition) is 7. The molecule has 0 bridgehead atoms. The third-order valence-electron chi connectivity index (χ3n) is 2.97. The lowest BCUT2D eigenvalue weighted by Crippen LogP contribution is -2.08. The van der Waals surface area contributed by atoms with E-state index in [1.807, 2.05) is 0 Å². The first-order valence-corrected chi connectivity index (χ1v) is 9.94. The number of aromatic nitrogens is 3. The van der Waals surface area contributed by atoms with Gasteiger partial charge in [0.15, 0.2) is 0 Å². The molecule has 0 spiro atoms. The fourth-order valence-corrected chi connectivity index (χ4v) is 4.00. The second kappa shape index (κ2) is 7.94. The van der Waals surface area contributed by atoms with Crippen LogP contribution in [0.1, 0.15) is 0 Å². The predicted molar refractivity (Wildman–Crippen MR) is 105 cm³/mol. The minimum atomic E-state index is 0.132. The quantitative estimate of drug-likeness (QED) is 0.618. The number of nitrogens with zero attached hydrogens (tertiary/aromatic N) is 4. The molecule has 0 unspecified atom stereocenters. The average Bonchev–Trinajstić information content (AvgIpc) is 2.59. The van der Waals surface area contributed by atoms with Gasteiger partial charge in [-0.05, 0) is 65.5 Å². The van der Waals surface area contributed by atoms with Gasteiger partial charge in [0, 0.05) is 17.5 Å². The Morgan fingerprint density at radius 1 is 1.17 bits per heavy atom. The van der Waals surface area contributed by atoms with Crippen LogP contribution in [0.5, 0.6) is 11.8 Å². The minimum absolute atomic E-state index is 0.132. The van der Waals surface area contributed by atoms with Crippen molar-refractivity contribution in [1.82, 2.24) is 15.2 Å². The van der Waals surface area contributed by atoms with Crippen molar-refractivity contribution in [3.8, 4) is 23.0 Å². The normalized spacial score (nSPS) is 14.1. The third-order valence-corrected chi connectivity index (χ3v) is 5.92. The van der Waals surface area contributed by atoms with E-state index in [2.05, 4.69) is 68.0 Å². The maximum Gasteiger partial charge on any atom is 0.335 e. The molecule has 124 valence electrons. The van der Waals surface area contributed by atoms with Crippen LogP contribution in [-0.2, 0) is 0 Å². The van der Waals surface area contributed by atoms with Gasteiger partial charge in [0.2, 0.25) is 0 Å². The standard InChI is InChI=1S/C14H9Br3N4O2S/c15-9-1-8(2-10(16)12(9)22)11-4-19-14(21-20-11)23-5-7-3-18-13(17)24-6-7/h1-4,22H,5-6H2. The zero-order chi connectivity index (χ0) is 17.1. The summed E-state index contributed by atoms with van der Waals surface area (Å²) in [5, 5.41) is 17.8. The van der Waals surface area contributed by atoms with Crippen molar-refractivity contribution >= 4 is 63.5 Å². The monoisotopic (exact) mass is 534 g/mol. The fourth-order valence-electron chi connectivity index (χ4n) is 1.78. The predicted octanol–water partition coefficient (Wildman–Crippen LogP) is 4.53. The Morgan fingerprint density at radius 2 is 1.92 bits per heavy atom. The third kappa shape index (κ3) is 4.35. The largest absolute Gasteiger partial charge is 0.506 e. The maximum absolute atomic E-state index is 9.75. The van der Waals surface area contributed by atoms with E-state index in [1.54, 1.807) is 36.3 Å². The van der Waals surface area contributed by atoms with Crippen LogP contribution in [0.4, 0.5) is 0 Å². The lowest BCUT2D eigenvalue weighted by molar-refractivity contribution is 0.319. The van der Waals surface area contributed by atoms with Gasteiger partial charge in [-0.1, -0.05) is 16.9 Å². The van der Waals surface area contributed by atoms with Crippen LogP contribution >= 0.6 is 59.6 Å². The zero-order valence-electron chi connectivity index (χ0n) is 11.9. The number of ether oxygens (including phenoxy) is 1. The Morgan fingerprint density at radius 3 is 2.50 bits per heavy atom. The van der Waals surface area contributed by atoms with E-state index in [1.165, 1.54) is 0 Å². The summed E-state index contributed by atoms with van der Waals surface area (Å²) >= 11 is 11.5. The van der Waals surface area contributed by atoms with Crippen molar-refractivity contribution in [2.24, 2.45) is 4.99 Å². The van der Waals surface area contributed by atoms with Crippen LogP contribution in [0.2, 0.25) is 0 Å². The van der Waals surface area contributed by atoms with Crippen LogP contribution < -0.4 is 4.74 Å². The Kier molecular flexibility index (Phi) is 5.90. The number of hydrogen-bond donors (Lipinski definition) is 1. The Balaban J connectivity index is 1.70. The molecule has 0 aliphatic carbocycles. The number of benzene rings is 1. The first kappa shape index (κ1) is 17.8. The number of thioether (sulfide) groups is 1. The molecule has 0 radical (unpaired) electrons. The highest BCUT2D eigenvalue weighted by Crippen LogP contribution is 2.36. The highest BCUT2D eigenvalue weighted by molar-refractivity contribution is 9.22. The van der Waals surface area contributed by atoms with E-state index < -0.39 is 0 Å². The summed E-state index contributed by atoms with van der Waals surface area (Å²) in [6, 6.07) is 3.69. The van der Waals surface area contributed by atoms with Gasteiger partial charge in [0.05, 0.1) is 15.1 Å². The molecule has 1 aliphatic rings. The van der Waals surface area contributed by atoms with Crippen LogP contribution in [-0.4, -0.2) is 36.6 Å². The molecule has 1 aromatic heterocycles. The van der Waals surface area contributed by atoms with Gasteiger partial charge in [0.1, 0.15) is 22.0 Å². The van der Waals surface area contributed by atoms with Crippen molar-refractivity contribution in [3.63, 3.8) is 0 Å². The van der Waals surface area contributed by atoms with E-state index in [0.29, 0.717) is 21.2 Å². The molecule has 2 aromatic rings. The van der Waals surface area contributed by atoms with E-state index in [9.17, 15) is 5.11 Å². The summed E-state index contributed by atoms with van der Waals surface area (Å²) < 4.78 is 7.51. The molecule has 0 amide bonds. The highest BCUT2D eigenvalue weighted by Gasteiger charge is 2.11. The van der Waals surface area contributed by atoms with Gasteiger partial charge < -0.3 is 9.84 Å². The molecule has 24 heavy (non-hydrogen) atoms. The lowest BCUT2D eigenvalue weighted by atomic mass is 10.1. The zero-order valence-corrected chi connectivity index (χ0v) is 17.5.